The van der Waals surface area contributed by atoms with Gasteiger partial charge >= 0.3 is 0 Å². The van der Waals surface area contributed by atoms with Crippen molar-refractivity contribution in [3.05, 3.63) is 0 Å². The summed E-state index contributed by atoms with van der Waals surface area (Å²) in [7, 11) is 5.21. The minimum Gasteiger partial charge on any atom is -0.390 e. The van der Waals surface area contributed by atoms with Gasteiger partial charge in [0, 0.05) is 12.4 Å². The second kappa shape index (κ2) is 2.27. The fraction of sp³-hybridized carbons (Fsp3) is 1.00. The molecule has 2 radical (unpaired) electrons. The Hall–Kier alpha value is -0.0851. The van der Waals surface area contributed by atoms with E-state index in [1.807, 2.05) is 0 Å². The second-order valence-electron chi connectivity index (χ2n) is 2.24. The topological polar surface area (TPSA) is 29.5 Å². The third kappa shape index (κ3) is 1.43. The molecule has 0 aliphatic carbocycles. The van der Waals surface area contributed by atoms with Gasteiger partial charge in [0.25, 0.3) is 0 Å². The van der Waals surface area contributed by atoms with E-state index in [1.165, 1.54) is 0 Å². The van der Waals surface area contributed by atoms with Crippen molar-refractivity contribution in [1.82, 2.24) is 0 Å². The predicted molar refractivity (Wildman–Crippen MR) is 30.8 cm³/mol. The summed E-state index contributed by atoms with van der Waals surface area (Å²) in [5.41, 5.74) is 0. The molecule has 1 fully saturated rings. The molecule has 9 heavy (non-hydrogen) atoms. The molecule has 50 valence electrons. The highest BCUT2D eigenvalue weighted by Crippen LogP contribution is 2.29. The van der Waals surface area contributed by atoms with Crippen LogP contribution >= 0.6 is 0 Å². The average molecular weight is 130 g/mol. The van der Waals surface area contributed by atoms with E-state index in [-0.39, 0.29) is 6.42 Å². The highest BCUT2D eigenvalue weighted by molar-refractivity contribution is 6.11. The monoisotopic (exact) mass is 130 g/mol. The van der Waals surface area contributed by atoms with Crippen molar-refractivity contribution < 1.29 is 14.2 Å². The van der Waals surface area contributed by atoms with Crippen LogP contribution in [0.1, 0.15) is 12.8 Å². The van der Waals surface area contributed by atoms with Gasteiger partial charge in [0.05, 0.1) is 0 Å². The molecule has 1 aliphatic heterocycles. The van der Waals surface area contributed by atoms with Gasteiger partial charge in [-0.2, -0.15) is 0 Å². The molecule has 0 saturated carbocycles. The van der Waals surface area contributed by atoms with E-state index in [2.05, 4.69) is 4.74 Å². The smallest absolute Gasteiger partial charge is 0.232 e. The SMILES string of the molecule is [B]C1CCC(F)(CO)O1. The summed E-state index contributed by atoms with van der Waals surface area (Å²) in [6.07, 6.45) is 0.682. The Balaban J connectivity index is 2.45. The lowest BCUT2D eigenvalue weighted by atomic mass is 9.97. The number of ether oxygens (including phenoxy) is 1. The summed E-state index contributed by atoms with van der Waals surface area (Å²) in [4.78, 5) is 0. The maximum Gasteiger partial charge on any atom is 0.232 e. The molecule has 0 amide bonds. The molecular weight excluding hydrogens is 122 g/mol. The standard InChI is InChI=1S/C5H8BFO2/c6-4-1-2-5(7,3-8)9-4/h4,8H,1-3H2. The third-order valence-electron chi connectivity index (χ3n) is 1.40. The van der Waals surface area contributed by atoms with E-state index in [0.717, 1.165) is 0 Å². The number of hydrogen-bond acceptors (Lipinski definition) is 2. The predicted octanol–water partition coefficient (Wildman–Crippen LogP) is -0.0505. The largest absolute Gasteiger partial charge is 0.390 e. The maximum atomic E-state index is 12.7. The van der Waals surface area contributed by atoms with Gasteiger partial charge in [-0.1, -0.05) is 0 Å². The second-order valence-corrected chi connectivity index (χ2v) is 2.24. The Morgan fingerprint density at radius 1 is 1.89 bits per heavy atom. The molecule has 1 saturated heterocycles. The van der Waals surface area contributed by atoms with Crippen molar-refractivity contribution in [3.8, 4) is 0 Å². The summed E-state index contributed by atoms with van der Waals surface area (Å²) < 4.78 is 17.3. The van der Waals surface area contributed by atoms with E-state index in [0.29, 0.717) is 6.42 Å². The highest BCUT2D eigenvalue weighted by Gasteiger charge is 2.37. The Kier molecular flexibility index (Phi) is 1.77. The number of aliphatic hydroxyl groups is 1. The summed E-state index contributed by atoms with van der Waals surface area (Å²) in [5, 5.41) is 8.39. The van der Waals surface area contributed by atoms with Gasteiger partial charge in [-0.15, -0.1) is 0 Å². The summed E-state index contributed by atoms with van der Waals surface area (Å²) in [5.74, 6) is -1.86. The zero-order valence-electron chi connectivity index (χ0n) is 5.01. The number of aliphatic hydroxyl groups excluding tert-OH is 1. The minimum absolute atomic E-state index is 0.199. The fourth-order valence-corrected chi connectivity index (χ4v) is 0.863. The van der Waals surface area contributed by atoms with Crippen LogP contribution in [0.5, 0.6) is 0 Å². The molecule has 0 aromatic heterocycles. The molecule has 0 spiro atoms. The Bertz CT molecular complexity index is 111. The van der Waals surface area contributed by atoms with Gasteiger partial charge in [0.2, 0.25) is 5.85 Å². The van der Waals surface area contributed by atoms with Crippen LogP contribution in [0, 0.1) is 0 Å². The average Bonchev–Trinajstić information content (AvgIpc) is 2.13. The van der Waals surface area contributed by atoms with E-state index in [1.54, 1.807) is 0 Å². The van der Waals surface area contributed by atoms with E-state index >= 15 is 0 Å². The summed E-state index contributed by atoms with van der Waals surface area (Å²) in [6, 6.07) is -0.540. The van der Waals surface area contributed by atoms with E-state index in [9.17, 15) is 4.39 Å². The number of hydrogen-bond donors (Lipinski definition) is 1. The molecule has 2 unspecified atom stereocenters. The zero-order chi connectivity index (χ0) is 6.91. The molecule has 0 aromatic rings. The summed E-state index contributed by atoms with van der Waals surface area (Å²) in [6.45, 7) is -0.597. The number of halogens is 1. The Labute approximate surface area is 54.4 Å². The first-order valence-corrected chi connectivity index (χ1v) is 2.89. The molecule has 2 nitrogen and oxygen atoms in total. The van der Waals surface area contributed by atoms with E-state index in [4.69, 9.17) is 13.0 Å². The van der Waals surface area contributed by atoms with E-state index < -0.39 is 18.5 Å². The fourth-order valence-electron chi connectivity index (χ4n) is 0.863. The zero-order valence-corrected chi connectivity index (χ0v) is 5.01. The van der Waals surface area contributed by atoms with Crippen molar-refractivity contribution in [1.29, 1.82) is 0 Å². The van der Waals surface area contributed by atoms with Gasteiger partial charge in [-0.05, 0) is 6.42 Å². The van der Waals surface area contributed by atoms with Crippen LogP contribution in [0.3, 0.4) is 0 Å². The molecular formula is C5H8BFO2. The van der Waals surface area contributed by atoms with Crippen LogP contribution in [0.25, 0.3) is 0 Å². The number of rotatable bonds is 1. The third-order valence-corrected chi connectivity index (χ3v) is 1.40. The van der Waals surface area contributed by atoms with Gasteiger partial charge in [-0.3, -0.25) is 0 Å². The van der Waals surface area contributed by atoms with Crippen LogP contribution in [0.15, 0.2) is 0 Å². The highest BCUT2D eigenvalue weighted by atomic mass is 19.2. The Morgan fingerprint density at radius 2 is 2.56 bits per heavy atom. The molecule has 1 heterocycles. The first kappa shape index (κ1) is 7.03. The van der Waals surface area contributed by atoms with Crippen molar-refractivity contribution >= 4 is 7.85 Å². The minimum atomic E-state index is -1.86. The maximum absolute atomic E-state index is 12.7. The summed E-state index contributed by atoms with van der Waals surface area (Å²) >= 11 is 0. The van der Waals surface area contributed by atoms with Gasteiger partial charge < -0.3 is 9.84 Å². The van der Waals surface area contributed by atoms with Gasteiger partial charge in [0.1, 0.15) is 14.5 Å². The molecule has 0 aromatic carbocycles. The van der Waals surface area contributed by atoms with Crippen LogP contribution in [0.2, 0.25) is 0 Å². The van der Waals surface area contributed by atoms with Crippen molar-refractivity contribution in [3.63, 3.8) is 0 Å². The molecule has 2 atom stereocenters. The molecule has 1 aliphatic rings. The van der Waals surface area contributed by atoms with Crippen molar-refractivity contribution in [2.45, 2.75) is 24.7 Å². The lowest BCUT2D eigenvalue weighted by Gasteiger charge is -2.15. The van der Waals surface area contributed by atoms with Crippen molar-refractivity contribution in [2.75, 3.05) is 6.61 Å². The first-order chi connectivity index (χ1) is 4.16. The molecule has 1 rings (SSSR count). The molecule has 4 heteroatoms. The number of alkyl halides is 1. The molecule has 1 N–H and O–H groups in total. The van der Waals surface area contributed by atoms with Crippen LogP contribution < -0.4 is 0 Å². The van der Waals surface area contributed by atoms with Gasteiger partial charge in [0.15, 0.2) is 0 Å². The van der Waals surface area contributed by atoms with Gasteiger partial charge in [-0.25, -0.2) is 4.39 Å². The molecule has 0 bridgehead atoms. The van der Waals surface area contributed by atoms with Crippen LogP contribution in [0.4, 0.5) is 4.39 Å². The van der Waals surface area contributed by atoms with Crippen molar-refractivity contribution in [2.24, 2.45) is 0 Å². The first-order valence-electron chi connectivity index (χ1n) is 2.89. The Morgan fingerprint density at radius 3 is 2.78 bits per heavy atom. The van der Waals surface area contributed by atoms with Crippen LogP contribution in [-0.2, 0) is 4.74 Å². The normalized spacial score (nSPS) is 43.6. The quantitative estimate of drug-likeness (QED) is 0.504. The lowest BCUT2D eigenvalue weighted by Crippen LogP contribution is -2.27. The lowest BCUT2D eigenvalue weighted by molar-refractivity contribution is -0.144. The van der Waals surface area contributed by atoms with Crippen LogP contribution in [-0.4, -0.2) is 31.4 Å².